The van der Waals surface area contributed by atoms with Gasteiger partial charge in [0.1, 0.15) is 0 Å². The number of halogens is 6. The Kier molecular flexibility index (Phi) is 8.40. The number of rotatable bonds is 5. The van der Waals surface area contributed by atoms with E-state index < -0.39 is 30.0 Å². The molecule has 28 heavy (non-hydrogen) atoms. The maximum Gasteiger partial charge on any atom is 0.416 e. The van der Waals surface area contributed by atoms with E-state index in [1.165, 1.54) is 0 Å². The van der Waals surface area contributed by atoms with Crippen LogP contribution in [-0.4, -0.2) is 17.3 Å². The first kappa shape index (κ1) is 24.3. The molecule has 0 radical (unpaired) electrons. The Labute approximate surface area is 164 Å². The lowest BCUT2D eigenvalue weighted by Crippen LogP contribution is -2.35. The van der Waals surface area contributed by atoms with Gasteiger partial charge in [-0.15, -0.1) is 0 Å². The number of hydrogen-bond donors (Lipinski definition) is 1. The van der Waals surface area contributed by atoms with Crippen LogP contribution in [0.4, 0.5) is 26.3 Å². The van der Waals surface area contributed by atoms with Gasteiger partial charge in [-0.2, -0.15) is 26.3 Å². The monoisotopic (exact) mass is 428 g/mol. The van der Waals surface area contributed by atoms with Crippen LogP contribution in [0.25, 0.3) is 0 Å². The van der Waals surface area contributed by atoms with Crippen molar-refractivity contribution in [3.63, 3.8) is 0 Å². The van der Waals surface area contributed by atoms with E-state index in [4.69, 9.17) is 0 Å². The highest BCUT2D eigenvalue weighted by Gasteiger charge is 2.36. The zero-order valence-corrected chi connectivity index (χ0v) is 16.6. The van der Waals surface area contributed by atoms with Crippen molar-refractivity contribution in [3.05, 3.63) is 34.9 Å². The molecule has 10 heteroatoms. The van der Waals surface area contributed by atoms with Gasteiger partial charge in [-0.3, -0.25) is 9.79 Å². The SMILES string of the molecule is CCC(C)C(C)C(=O)NC(=NCc1cc(C(F)(F)F)cc(C(F)(F)F)c1)SC. The highest BCUT2D eigenvalue weighted by Crippen LogP contribution is 2.36. The summed E-state index contributed by atoms with van der Waals surface area (Å²) < 4.78 is 77.4. The third-order valence-electron chi connectivity index (χ3n) is 4.39. The number of amides is 1. The van der Waals surface area contributed by atoms with Crippen LogP contribution in [-0.2, 0) is 23.7 Å². The molecule has 1 rings (SSSR count). The average Bonchev–Trinajstić information content (AvgIpc) is 2.61. The Morgan fingerprint density at radius 1 is 1.07 bits per heavy atom. The van der Waals surface area contributed by atoms with Gasteiger partial charge in [0.2, 0.25) is 5.91 Å². The number of nitrogens with one attached hydrogen (secondary N) is 1. The topological polar surface area (TPSA) is 41.5 Å². The maximum absolute atomic E-state index is 12.9. The van der Waals surface area contributed by atoms with Crippen LogP contribution in [0.15, 0.2) is 23.2 Å². The van der Waals surface area contributed by atoms with E-state index in [0.717, 1.165) is 18.2 Å². The number of amidine groups is 1. The Morgan fingerprint density at radius 3 is 1.96 bits per heavy atom. The molecule has 0 saturated carbocycles. The number of aliphatic imine (C=N–C) groups is 1. The summed E-state index contributed by atoms with van der Waals surface area (Å²) in [6.07, 6.45) is -7.45. The second-order valence-corrected chi connectivity index (χ2v) is 7.20. The number of thioether (sulfide) groups is 1. The van der Waals surface area contributed by atoms with Crippen LogP contribution in [0, 0.1) is 11.8 Å². The zero-order chi connectivity index (χ0) is 21.7. The maximum atomic E-state index is 12.9. The van der Waals surface area contributed by atoms with E-state index in [2.05, 4.69) is 10.3 Å². The van der Waals surface area contributed by atoms with Gasteiger partial charge in [-0.1, -0.05) is 39.0 Å². The molecule has 1 aromatic carbocycles. The van der Waals surface area contributed by atoms with Gasteiger partial charge in [-0.25, -0.2) is 0 Å². The first-order valence-electron chi connectivity index (χ1n) is 8.47. The summed E-state index contributed by atoms with van der Waals surface area (Å²) in [6.45, 7) is 5.15. The largest absolute Gasteiger partial charge is 0.416 e. The highest BCUT2D eigenvalue weighted by molar-refractivity contribution is 8.13. The van der Waals surface area contributed by atoms with Crippen molar-refractivity contribution in [2.24, 2.45) is 16.8 Å². The van der Waals surface area contributed by atoms with Crippen LogP contribution in [0.2, 0.25) is 0 Å². The minimum Gasteiger partial charge on any atom is -0.305 e. The van der Waals surface area contributed by atoms with Gasteiger partial charge in [-0.05, 0) is 35.9 Å². The summed E-state index contributed by atoms with van der Waals surface area (Å²) >= 11 is 1.05. The van der Waals surface area contributed by atoms with Crippen LogP contribution in [0.1, 0.15) is 43.9 Å². The summed E-state index contributed by atoms with van der Waals surface area (Å²) in [7, 11) is 0. The predicted molar refractivity (Wildman–Crippen MR) is 97.9 cm³/mol. The fourth-order valence-corrected chi connectivity index (χ4v) is 2.66. The van der Waals surface area contributed by atoms with Crippen molar-refractivity contribution >= 4 is 22.8 Å². The molecule has 3 nitrogen and oxygen atoms in total. The van der Waals surface area contributed by atoms with Crippen molar-refractivity contribution in [3.8, 4) is 0 Å². The highest BCUT2D eigenvalue weighted by atomic mass is 32.2. The van der Waals surface area contributed by atoms with Gasteiger partial charge in [0, 0.05) is 5.92 Å². The minimum atomic E-state index is -4.91. The lowest BCUT2D eigenvalue weighted by molar-refractivity contribution is -0.143. The first-order valence-corrected chi connectivity index (χ1v) is 9.69. The molecule has 0 heterocycles. The van der Waals surface area contributed by atoms with E-state index in [1.54, 1.807) is 13.2 Å². The van der Waals surface area contributed by atoms with Crippen molar-refractivity contribution in [1.29, 1.82) is 0 Å². The lowest BCUT2D eigenvalue weighted by atomic mass is 9.93. The molecule has 0 saturated heterocycles. The van der Waals surface area contributed by atoms with Gasteiger partial charge in [0.05, 0.1) is 17.7 Å². The quantitative estimate of drug-likeness (QED) is 0.369. The lowest BCUT2D eigenvalue weighted by Gasteiger charge is -2.18. The first-order chi connectivity index (χ1) is 12.8. The number of carbonyl (C=O) groups is 1. The third kappa shape index (κ3) is 7.03. The standard InChI is InChI=1S/C18H22F6N2OS/c1-5-10(2)11(3)15(27)26-16(28-4)25-9-12-6-13(17(19,20)21)8-14(7-12)18(22,23)24/h6-8,10-11H,5,9H2,1-4H3,(H,25,26,27). The van der Waals surface area contributed by atoms with Crippen molar-refractivity contribution in [2.45, 2.75) is 46.1 Å². The average molecular weight is 428 g/mol. The summed E-state index contributed by atoms with van der Waals surface area (Å²) in [4.78, 5) is 16.2. The zero-order valence-electron chi connectivity index (χ0n) is 15.8. The Bertz CT molecular complexity index is 683. The molecule has 0 aromatic heterocycles. The number of carbonyl (C=O) groups excluding carboxylic acids is 1. The van der Waals surface area contributed by atoms with Gasteiger partial charge < -0.3 is 5.32 Å². The summed E-state index contributed by atoms with van der Waals surface area (Å²) in [6, 6.07) is 1.32. The van der Waals surface area contributed by atoms with Crippen molar-refractivity contribution < 1.29 is 31.1 Å². The normalized spacial score (nSPS) is 15.3. The minimum absolute atomic E-state index is 0.0677. The van der Waals surface area contributed by atoms with Crippen molar-refractivity contribution in [2.75, 3.05) is 6.26 Å². The number of benzene rings is 1. The number of alkyl halides is 6. The number of nitrogens with zero attached hydrogens (tertiary/aromatic N) is 1. The predicted octanol–water partition coefficient (Wildman–Crippen LogP) is 5.74. The molecule has 158 valence electrons. The van der Waals surface area contributed by atoms with Crippen LogP contribution in [0.3, 0.4) is 0 Å². The molecule has 1 aromatic rings. The summed E-state index contributed by atoms with van der Waals surface area (Å²) in [5, 5.41) is 2.70. The van der Waals surface area contributed by atoms with E-state index in [9.17, 15) is 31.1 Å². The van der Waals surface area contributed by atoms with E-state index in [1.807, 2.05) is 13.8 Å². The molecule has 0 bridgehead atoms. The molecule has 0 fully saturated rings. The smallest absolute Gasteiger partial charge is 0.305 e. The molecular formula is C18H22F6N2OS. The molecule has 1 N–H and O–H groups in total. The molecule has 0 aliphatic heterocycles. The Balaban J connectivity index is 3.09. The van der Waals surface area contributed by atoms with E-state index in [-0.39, 0.29) is 34.5 Å². The molecular weight excluding hydrogens is 406 g/mol. The summed E-state index contributed by atoms with van der Waals surface area (Å²) in [5.74, 6) is -0.504. The molecule has 0 aliphatic rings. The fraction of sp³-hybridized carbons (Fsp3) is 0.556. The Morgan fingerprint density at radius 2 is 1.57 bits per heavy atom. The third-order valence-corrected chi connectivity index (χ3v) is 5.01. The van der Waals surface area contributed by atoms with Gasteiger partial charge in [0.25, 0.3) is 0 Å². The van der Waals surface area contributed by atoms with E-state index >= 15 is 0 Å². The molecule has 1 amide bonds. The second-order valence-electron chi connectivity index (χ2n) is 6.40. The van der Waals surface area contributed by atoms with Crippen LogP contribution in [0.5, 0.6) is 0 Å². The Hall–Kier alpha value is -1.71. The van der Waals surface area contributed by atoms with Crippen molar-refractivity contribution in [1.82, 2.24) is 5.32 Å². The summed E-state index contributed by atoms with van der Waals surface area (Å²) in [5.41, 5.74) is -3.04. The molecule has 2 atom stereocenters. The molecule has 2 unspecified atom stereocenters. The van der Waals surface area contributed by atoms with Crippen LogP contribution < -0.4 is 5.32 Å². The molecule has 0 spiro atoms. The second kappa shape index (κ2) is 9.67. The van der Waals surface area contributed by atoms with Gasteiger partial charge in [0.15, 0.2) is 5.17 Å². The molecule has 0 aliphatic carbocycles. The van der Waals surface area contributed by atoms with Crippen LogP contribution >= 0.6 is 11.8 Å². The van der Waals surface area contributed by atoms with Gasteiger partial charge >= 0.3 is 12.4 Å². The number of hydrogen-bond acceptors (Lipinski definition) is 3. The van der Waals surface area contributed by atoms with E-state index in [0.29, 0.717) is 12.1 Å². The fourth-order valence-electron chi connectivity index (χ4n) is 2.26.